The summed E-state index contributed by atoms with van der Waals surface area (Å²) in [6.45, 7) is 0.244. The zero-order valence-corrected chi connectivity index (χ0v) is 9.47. The molecule has 3 N–H and O–H groups in total. The Kier molecular flexibility index (Phi) is 3.71. The van der Waals surface area contributed by atoms with E-state index in [1.54, 1.807) is 0 Å². The fourth-order valence-corrected chi connectivity index (χ4v) is 1.50. The zero-order chi connectivity index (χ0) is 9.14. The predicted octanol–water partition coefficient (Wildman–Crippen LogP) is 2.20. The summed E-state index contributed by atoms with van der Waals surface area (Å²) in [6.07, 6.45) is -0.575. The molecule has 1 unspecified atom stereocenters. The molecule has 0 radical (unpaired) electrons. The highest BCUT2D eigenvalue weighted by Crippen LogP contribution is 2.26. The monoisotopic (exact) mass is 293 g/mol. The maximum atomic E-state index is 9.38. The second-order valence-corrected chi connectivity index (χ2v) is 4.13. The molecule has 0 aliphatic rings. The van der Waals surface area contributed by atoms with Crippen LogP contribution < -0.4 is 5.73 Å². The van der Waals surface area contributed by atoms with Crippen LogP contribution in [0.4, 0.5) is 0 Å². The van der Waals surface area contributed by atoms with Crippen LogP contribution in [-0.2, 0) is 0 Å². The first-order chi connectivity index (χ1) is 5.65. The summed E-state index contributed by atoms with van der Waals surface area (Å²) in [7, 11) is 0. The number of aliphatic hydroxyl groups excluding tert-OH is 1. The summed E-state index contributed by atoms with van der Waals surface area (Å²) in [6, 6.07) is 5.56. The van der Waals surface area contributed by atoms with Gasteiger partial charge in [0, 0.05) is 15.5 Å². The summed E-state index contributed by atoms with van der Waals surface area (Å²) >= 11 is 6.69. The number of benzene rings is 1. The van der Waals surface area contributed by atoms with E-state index >= 15 is 0 Å². The van der Waals surface area contributed by atoms with E-state index < -0.39 is 6.10 Å². The van der Waals surface area contributed by atoms with E-state index in [2.05, 4.69) is 31.9 Å². The molecule has 0 aromatic heterocycles. The SMILES string of the molecule is NCC(O)c1ccc(Br)c(Br)c1. The summed E-state index contributed by atoms with van der Waals surface area (Å²) in [5, 5.41) is 9.38. The lowest BCUT2D eigenvalue weighted by Gasteiger charge is -2.08. The Labute approximate surface area is 88.0 Å². The number of halogens is 2. The maximum absolute atomic E-state index is 9.38. The summed E-state index contributed by atoms with van der Waals surface area (Å²) < 4.78 is 1.89. The molecule has 1 atom stereocenters. The van der Waals surface area contributed by atoms with Crippen molar-refractivity contribution in [3.05, 3.63) is 32.7 Å². The average molecular weight is 295 g/mol. The molecule has 0 saturated carbocycles. The van der Waals surface area contributed by atoms with Crippen LogP contribution in [0, 0.1) is 0 Å². The van der Waals surface area contributed by atoms with Crippen LogP contribution in [0.3, 0.4) is 0 Å². The molecule has 0 bridgehead atoms. The first-order valence-electron chi connectivity index (χ1n) is 3.48. The van der Waals surface area contributed by atoms with Crippen LogP contribution in [0.2, 0.25) is 0 Å². The molecule has 0 saturated heterocycles. The first-order valence-corrected chi connectivity index (χ1v) is 5.07. The van der Waals surface area contributed by atoms with Crippen molar-refractivity contribution in [3.8, 4) is 0 Å². The molecule has 1 rings (SSSR count). The zero-order valence-electron chi connectivity index (χ0n) is 6.30. The normalized spacial score (nSPS) is 13.0. The van der Waals surface area contributed by atoms with Crippen molar-refractivity contribution >= 4 is 31.9 Å². The minimum Gasteiger partial charge on any atom is -0.387 e. The molecule has 1 aromatic rings. The topological polar surface area (TPSA) is 46.2 Å². The molecule has 66 valence electrons. The third-order valence-corrected chi connectivity index (χ3v) is 3.43. The molecular formula is C8H9Br2NO. The van der Waals surface area contributed by atoms with Crippen LogP contribution in [0.25, 0.3) is 0 Å². The van der Waals surface area contributed by atoms with E-state index in [1.165, 1.54) is 0 Å². The van der Waals surface area contributed by atoms with E-state index in [0.29, 0.717) is 0 Å². The lowest BCUT2D eigenvalue weighted by atomic mass is 10.1. The van der Waals surface area contributed by atoms with Gasteiger partial charge in [0.05, 0.1) is 6.10 Å². The Bertz CT molecular complexity index is 278. The first kappa shape index (κ1) is 10.2. The van der Waals surface area contributed by atoms with Crippen molar-refractivity contribution in [2.75, 3.05) is 6.54 Å². The van der Waals surface area contributed by atoms with Gasteiger partial charge in [0.15, 0.2) is 0 Å². The Hall–Kier alpha value is 0.1000. The van der Waals surface area contributed by atoms with Gasteiger partial charge in [-0.15, -0.1) is 0 Å². The predicted molar refractivity (Wildman–Crippen MR) is 55.9 cm³/mol. The van der Waals surface area contributed by atoms with Gasteiger partial charge in [0.25, 0.3) is 0 Å². The lowest BCUT2D eigenvalue weighted by molar-refractivity contribution is 0.186. The van der Waals surface area contributed by atoms with E-state index in [4.69, 9.17) is 5.73 Å². The van der Waals surface area contributed by atoms with Gasteiger partial charge in [0.1, 0.15) is 0 Å². The van der Waals surface area contributed by atoms with Gasteiger partial charge in [-0.25, -0.2) is 0 Å². The number of aliphatic hydroxyl groups is 1. The molecule has 1 aromatic carbocycles. The number of hydrogen-bond donors (Lipinski definition) is 2. The minimum atomic E-state index is -0.575. The standard InChI is InChI=1S/C8H9Br2NO/c9-6-2-1-5(3-7(6)10)8(12)4-11/h1-3,8,12H,4,11H2. The Morgan fingerprint density at radius 2 is 2.00 bits per heavy atom. The van der Waals surface area contributed by atoms with Gasteiger partial charge in [-0.2, -0.15) is 0 Å². The minimum absolute atomic E-state index is 0.244. The van der Waals surface area contributed by atoms with Crippen molar-refractivity contribution in [2.45, 2.75) is 6.10 Å². The van der Waals surface area contributed by atoms with E-state index in [0.717, 1.165) is 14.5 Å². The molecular weight excluding hydrogens is 286 g/mol. The van der Waals surface area contributed by atoms with Gasteiger partial charge in [-0.05, 0) is 49.6 Å². The number of rotatable bonds is 2. The summed E-state index contributed by atoms with van der Waals surface area (Å²) in [5.74, 6) is 0. The fraction of sp³-hybridized carbons (Fsp3) is 0.250. The van der Waals surface area contributed by atoms with Crippen LogP contribution >= 0.6 is 31.9 Å². The van der Waals surface area contributed by atoms with Crippen molar-refractivity contribution in [1.29, 1.82) is 0 Å². The van der Waals surface area contributed by atoms with Crippen LogP contribution in [0.5, 0.6) is 0 Å². The maximum Gasteiger partial charge on any atom is 0.0912 e. The van der Waals surface area contributed by atoms with Gasteiger partial charge in [-0.1, -0.05) is 6.07 Å². The summed E-state index contributed by atoms with van der Waals surface area (Å²) in [4.78, 5) is 0. The number of nitrogens with two attached hydrogens (primary N) is 1. The van der Waals surface area contributed by atoms with Gasteiger partial charge >= 0.3 is 0 Å². The van der Waals surface area contributed by atoms with Crippen molar-refractivity contribution in [2.24, 2.45) is 5.73 Å². The molecule has 0 aliphatic heterocycles. The molecule has 2 nitrogen and oxygen atoms in total. The Morgan fingerprint density at radius 3 is 2.50 bits per heavy atom. The molecule has 4 heteroatoms. The second-order valence-electron chi connectivity index (χ2n) is 2.43. The fourth-order valence-electron chi connectivity index (χ4n) is 0.856. The van der Waals surface area contributed by atoms with Gasteiger partial charge in [0.2, 0.25) is 0 Å². The van der Waals surface area contributed by atoms with E-state index in [-0.39, 0.29) is 6.54 Å². The van der Waals surface area contributed by atoms with Gasteiger partial charge in [-0.3, -0.25) is 0 Å². The van der Waals surface area contributed by atoms with Crippen LogP contribution in [0.1, 0.15) is 11.7 Å². The summed E-state index contributed by atoms with van der Waals surface area (Å²) in [5.41, 5.74) is 6.14. The third kappa shape index (κ3) is 2.29. The molecule has 12 heavy (non-hydrogen) atoms. The molecule has 0 heterocycles. The van der Waals surface area contributed by atoms with Crippen LogP contribution in [0.15, 0.2) is 27.1 Å². The second kappa shape index (κ2) is 4.37. The molecule has 0 fully saturated rings. The Balaban J connectivity index is 2.96. The number of hydrogen-bond acceptors (Lipinski definition) is 2. The van der Waals surface area contributed by atoms with E-state index in [9.17, 15) is 5.11 Å². The molecule has 0 amide bonds. The van der Waals surface area contributed by atoms with E-state index in [1.807, 2.05) is 18.2 Å². The quantitative estimate of drug-likeness (QED) is 0.878. The smallest absolute Gasteiger partial charge is 0.0912 e. The van der Waals surface area contributed by atoms with Gasteiger partial charge < -0.3 is 10.8 Å². The van der Waals surface area contributed by atoms with Crippen molar-refractivity contribution < 1.29 is 5.11 Å². The average Bonchev–Trinajstić information content (AvgIpc) is 2.08. The molecule has 0 aliphatic carbocycles. The highest BCUT2D eigenvalue weighted by Gasteiger charge is 2.06. The Morgan fingerprint density at radius 1 is 1.33 bits per heavy atom. The highest BCUT2D eigenvalue weighted by molar-refractivity contribution is 9.13. The molecule has 0 spiro atoms. The lowest BCUT2D eigenvalue weighted by Crippen LogP contribution is -2.11. The largest absolute Gasteiger partial charge is 0.387 e. The third-order valence-electron chi connectivity index (χ3n) is 1.55. The van der Waals surface area contributed by atoms with Crippen LogP contribution in [-0.4, -0.2) is 11.7 Å². The van der Waals surface area contributed by atoms with Crippen molar-refractivity contribution in [3.63, 3.8) is 0 Å². The van der Waals surface area contributed by atoms with Crippen molar-refractivity contribution in [1.82, 2.24) is 0 Å². The highest BCUT2D eigenvalue weighted by atomic mass is 79.9.